The largest absolute Gasteiger partial charge is 0.506 e. The summed E-state index contributed by atoms with van der Waals surface area (Å²) in [7, 11) is 0. The molecule has 110 valence electrons. The summed E-state index contributed by atoms with van der Waals surface area (Å²) in [5, 5.41) is 29.5. The molecule has 0 aromatic heterocycles. The number of ether oxygens (including phenoxy) is 1. The van der Waals surface area contributed by atoms with Gasteiger partial charge in [-0.2, -0.15) is 5.26 Å². The van der Waals surface area contributed by atoms with Crippen molar-refractivity contribution in [2.75, 3.05) is 0 Å². The summed E-state index contributed by atoms with van der Waals surface area (Å²) in [6.07, 6.45) is 0. The molecule has 0 radical (unpaired) electrons. The van der Waals surface area contributed by atoms with Gasteiger partial charge in [-0.25, -0.2) is 4.79 Å². The SMILES string of the molecule is CC(C)(C)OC(=O)C(C#N)=C(O)c1ccc([N+](=O)[O-])cc1. The average molecular weight is 290 g/mol. The first-order chi connectivity index (χ1) is 9.65. The van der Waals surface area contributed by atoms with Gasteiger partial charge in [-0.05, 0) is 32.9 Å². The summed E-state index contributed by atoms with van der Waals surface area (Å²) in [5.74, 6) is -1.54. The lowest BCUT2D eigenvalue weighted by molar-refractivity contribution is -0.384. The van der Waals surface area contributed by atoms with Crippen molar-refractivity contribution in [1.82, 2.24) is 0 Å². The second-order valence-corrected chi connectivity index (χ2v) is 5.14. The maximum Gasteiger partial charge on any atom is 0.353 e. The minimum atomic E-state index is -0.958. The maximum atomic E-state index is 11.8. The van der Waals surface area contributed by atoms with Gasteiger partial charge in [0.15, 0.2) is 5.57 Å². The number of benzene rings is 1. The van der Waals surface area contributed by atoms with Gasteiger partial charge in [-0.15, -0.1) is 0 Å². The van der Waals surface area contributed by atoms with E-state index in [1.807, 2.05) is 0 Å². The van der Waals surface area contributed by atoms with E-state index in [1.54, 1.807) is 26.8 Å². The fourth-order valence-corrected chi connectivity index (χ4v) is 1.41. The van der Waals surface area contributed by atoms with E-state index in [4.69, 9.17) is 10.00 Å². The molecule has 1 aromatic carbocycles. The molecule has 1 N–H and O–H groups in total. The highest BCUT2D eigenvalue weighted by Gasteiger charge is 2.23. The Balaban J connectivity index is 3.16. The Hall–Kier alpha value is -2.88. The third kappa shape index (κ3) is 4.31. The van der Waals surface area contributed by atoms with Crippen LogP contribution in [0.25, 0.3) is 5.76 Å². The predicted molar refractivity (Wildman–Crippen MR) is 74.1 cm³/mol. The molecule has 0 amide bonds. The van der Waals surface area contributed by atoms with Crippen LogP contribution in [0.15, 0.2) is 29.8 Å². The van der Waals surface area contributed by atoms with E-state index < -0.39 is 27.8 Å². The van der Waals surface area contributed by atoms with Crippen molar-refractivity contribution in [3.63, 3.8) is 0 Å². The van der Waals surface area contributed by atoms with Crippen molar-refractivity contribution in [2.45, 2.75) is 26.4 Å². The molecule has 0 saturated carbocycles. The van der Waals surface area contributed by atoms with Gasteiger partial charge in [0.2, 0.25) is 0 Å². The molecule has 0 aliphatic rings. The summed E-state index contributed by atoms with van der Waals surface area (Å²) in [4.78, 5) is 21.8. The van der Waals surface area contributed by atoms with Crippen molar-refractivity contribution in [2.24, 2.45) is 0 Å². The van der Waals surface area contributed by atoms with Crippen molar-refractivity contribution in [1.29, 1.82) is 5.26 Å². The van der Waals surface area contributed by atoms with Crippen molar-refractivity contribution in [3.05, 3.63) is 45.5 Å². The van der Waals surface area contributed by atoms with Gasteiger partial charge < -0.3 is 9.84 Å². The average Bonchev–Trinajstić information content (AvgIpc) is 2.37. The zero-order chi connectivity index (χ0) is 16.2. The van der Waals surface area contributed by atoms with E-state index in [0.717, 1.165) is 12.1 Å². The zero-order valence-electron chi connectivity index (χ0n) is 11.8. The molecular weight excluding hydrogens is 276 g/mol. The number of carbonyl (C=O) groups is 1. The van der Waals surface area contributed by atoms with Gasteiger partial charge in [0.25, 0.3) is 5.69 Å². The number of nitriles is 1. The summed E-state index contributed by atoms with van der Waals surface area (Å²) in [5.41, 5.74) is -1.42. The van der Waals surface area contributed by atoms with Crippen LogP contribution in [0.5, 0.6) is 0 Å². The van der Waals surface area contributed by atoms with Crippen molar-refractivity contribution >= 4 is 17.4 Å². The van der Waals surface area contributed by atoms with E-state index in [9.17, 15) is 20.0 Å². The lowest BCUT2D eigenvalue weighted by Gasteiger charge is -2.19. The Labute approximate surface area is 121 Å². The Kier molecular flexibility index (Phi) is 4.66. The molecule has 21 heavy (non-hydrogen) atoms. The minimum absolute atomic E-state index is 0.114. The Morgan fingerprint density at radius 1 is 1.33 bits per heavy atom. The first kappa shape index (κ1) is 16.2. The summed E-state index contributed by atoms with van der Waals surface area (Å²) in [6.45, 7) is 4.88. The molecule has 0 saturated heterocycles. The van der Waals surface area contributed by atoms with E-state index in [1.165, 1.54) is 12.1 Å². The quantitative estimate of drug-likeness (QED) is 0.228. The number of nitro groups is 1. The molecule has 0 heterocycles. The first-order valence-electron chi connectivity index (χ1n) is 5.97. The van der Waals surface area contributed by atoms with E-state index >= 15 is 0 Å². The first-order valence-corrected chi connectivity index (χ1v) is 5.97. The molecule has 7 heteroatoms. The summed E-state index contributed by atoms with van der Waals surface area (Å²) in [6, 6.07) is 6.40. The molecule has 0 atom stereocenters. The number of non-ortho nitro benzene ring substituents is 1. The van der Waals surface area contributed by atoms with Gasteiger partial charge in [-0.3, -0.25) is 10.1 Å². The lowest BCUT2D eigenvalue weighted by Crippen LogP contribution is -2.25. The summed E-state index contributed by atoms with van der Waals surface area (Å²) < 4.78 is 5.01. The number of nitro benzene ring substituents is 1. The highest BCUT2D eigenvalue weighted by Crippen LogP contribution is 2.21. The number of nitrogens with zero attached hydrogens (tertiary/aromatic N) is 2. The molecule has 1 aromatic rings. The third-order valence-corrected chi connectivity index (χ3v) is 2.30. The molecule has 0 fully saturated rings. The normalized spacial score (nSPS) is 12.1. The maximum absolute atomic E-state index is 11.8. The molecule has 0 aliphatic carbocycles. The van der Waals surface area contributed by atoms with Crippen molar-refractivity contribution in [3.8, 4) is 6.07 Å². The van der Waals surface area contributed by atoms with Crippen LogP contribution in [-0.4, -0.2) is 21.6 Å². The second kappa shape index (κ2) is 6.05. The molecule has 0 aliphatic heterocycles. The third-order valence-electron chi connectivity index (χ3n) is 2.30. The molecule has 0 unspecified atom stereocenters. The van der Waals surface area contributed by atoms with Gasteiger partial charge in [-0.1, -0.05) is 0 Å². The number of hydrogen-bond acceptors (Lipinski definition) is 6. The fraction of sp³-hybridized carbons (Fsp3) is 0.286. The van der Waals surface area contributed by atoms with Gasteiger partial charge in [0, 0.05) is 17.7 Å². The van der Waals surface area contributed by atoms with Crippen molar-refractivity contribution < 1.29 is 19.6 Å². The Bertz CT molecular complexity index is 633. The van der Waals surface area contributed by atoms with E-state index in [2.05, 4.69) is 0 Å². The van der Waals surface area contributed by atoms with E-state index in [0.29, 0.717) is 0 Å². The monoisotopic (exact) mass is 290 g/mol. The molecule has 1 rings (SSSR count). The number of hydrogen-bond donors (Lipinski definition) is 1. The number of aliphatic hydroxyl groups excluding tert-OH is 1. The molecule has 7 nitrogen and oxygen atoms in total. The highest BCUT2D eigenvalue weighted by atomic mass is 16.6. The topological polar surface area (TPSA) is 113 Å². The summed E-state index contributed by atoms with van der Waals surface area (Å²) >= 11 is 0. The zero-order valence-corrected chi connectivity index (χ0v) is 11.8. The van der Waals surface area contributed by atoms with Crippen LogP contribution in [0.4, 0.5) is 5.69 Å². The number of aliphatic hydroxyl groups is 1. The van der Waals surface area contributed by atoms with Gasteiger partial charge >= 0.3 is 5.97 Å². The number of esters is 1. The van der Waals surface area contributed by atoms with Crippen LogP contribution < -0.4 is 0 Å². The van der Waals surface area contributed by atoms with E-state index in [-0.39, 0.29) is 11.3 Å². The number of carbonyl (C=O) groups excluding carboxylic acids is 1. The minimum Gasteiger partial charge on any atom is -0.506 e. The standard InChI is InChI=1S/C14H14N2O5/c1-14(2,3)21-13(18)11(8-15)12(17)9-4-6-10(7-5-9)16(19)20/h4-7,17H,1-3H3. The smallest absolute Gasteiger partial charge is 0.353 e. The molecular formula is C14H14N2O5. The van der Waals surface area contributed by atoms with Crippen LogP contribution in [0, 0.1) is 21.4 Å². The number of rotatable bonds is 3. The van der Waals surface area contributed by atoms with Gasteiger partial charge in [0.05, 0.1) is 4.92 Å². The fourth-order valence-electron chi connectivity index (χ4n) is 1.41. The Morgan fingerprint density at radius 2 is 1.86 bits per heavy atom. The van der Waals surface area contributed by atoms with Crippen LogP contribution in [-0.2, 0) is 9.53 Å². The molecule has 0 bridgehead atoms. The van der Waals surface area contributed by atoms with Crippen LogP contribution >= 0.6 is 0 Å². The van der Waals surface area contributed by atoms with Crippen LogP contribution in [0.1, 0.15) is 26.3 Å². The highest BCUT2D eigenvalue weighted by molar-refractivity contribution is 6.00. The second-order valence-electron chi connectivity index (χ2n) is 5.14. The van der Waals surface area contributed by atoms with Crippen LogP contribution in [0.2, 0.25) is 0 Å². The molecule has 0 spiro atoms. The lowest BCUT2D eigenvalue weighted by atomic mass is 10.1. The predicted octanol–water partition coefficient (Wildman–Crippen LogP) is 2.73. The van der Waals surface area contributed by atoms with Gasteiger partial charge in [0.1, 0.15) is 17.4 Å². The van der Waals surface area contributed by atoms with Crippen LogP contribution in [0.3, 0.4) is 0 Å². The Morgan fingerprint density at radius 3 is 2.24 bits per heavy atom.